The molecule has 2 rings (SSSR count). The molecule has 1 aliphatic rings. The molecular weight excluding hydrogens is 218 g/mol. The molecule has 0 radical (unpaired) electrons. The van der Waals surface area contributed by atoms with Crippen molar-refractivity contribution in [2.75, 3.05) is 6.54 Å². The molecule has 0 aromatic heterocycles. The average molecular weight is 245 g/mol. The monoisotopic (exact) mass is 245 g/mol. The number of nitrogens with one attached hydrogen (secondary N) is 1. The van der Waals surface area contributed by atoms with Gasteiger partial charge in [0.2, 0.25) is 0 Å². The van der Waals surface area contributed by atoms with Crippen LogP contribution in [0.5, 0.6) is 0 Å². The van der Waals surface area contributed by atoms with Crippen molar-refractivity contribution in [3.8, 4) is 0 Å². The Morgan fingerprint density at radius 2 is 1.72 bits per heavy atom. The zero-order valence-electron chi connectivity index (χ0n) is 12.2. The average Bonchev–Trinajstić information content (AvgIpc) is 2.42. The van der Waals surface area contributed by atoms with Crippen LogP contribution in [0, 0.1) is 11.8 Å². The van der Waals surface area contributed by atoms with Crippen molar-refractivity contribution in [2.24, 2.45) is 11.8 Å². The third kappa shape index (κ3) is 2.33. The lowest BCUT2D eigenvalue weighted by molar-refractivity contribution is 0.0799. The lowest BCUT2D eigenvalue weighted by atomic mass is 9.58. The van der Waals surface area contributed by atoms with Crippen LogP contribution in [-0.2, 0) is 6.42 Å². The molecule has 4 atom stereocenters. The molecule has 18 heavy (non-hydrogen) atoms. The summed E-state index contributed by atoms with van der Waals surface area (Å²) in [5.74, 6) is 2.33. The highest BCUT2D eigenvalue weighted by atomic mass is 14.9. The normalized spacial score (nSPS) is 31.1. The smallest absolute Gasteiger partial charge is 0.0133 e. The van der Waals surface area contributed by atoms with Crippen LogP contribution in [0.3, 0.4) is 0 Å². The predicted octanol–water partition coefficient (Wildman–Crippen LogP) is 3.99. The van der Waals surface area contributed by atoms with Gasteiger partial charge in [-0.1, -0.05) is 58.4 Å². The van der Waals surface area contributed by atoms with Gasteiger partial charge in [0.15, 0.2) is 0 Å². The summed E-state index contributed by atoms with van der Waals surface area (Å²) in [7, 11) is 0. The van der Waals surface area contributed by atoms with Gasteiger partial charge in [-0.2, -0.15) is 0 Å². The highest BCUT2D eigenvalue weighted by Crippen LogP contribution is 2.49. The molecule has 0 heterocycles. The van der Waals surface area contributed by atoms with Gasteiger partial charge in [0.1, 0.15) is 0 Å². The Balaban J connectivity index is 2.12. The van der Waals surface area contributed by atoms with E-state index >= 15 is 0 Å². The molecule has 1 N–H and O–H groups in total. The maximum absolute atomic E-state index is 3.66. The maximum Gasteiger partial charge on any atom is 0.0133 e. The van der Waals surface area contributed by atoms with Gasteiger partial charge < -0.3 is 5.32 Å². The third-order valence-corrected chi connectivity index (χ3v) is 4.74. The molecule has 0 bridgehead atoms. The van der Waals surface area contributed by atoms with E-state index < -0.39 is 0 Å². The van der Waals surface area contributed by atoms with Crippen molar-refractivity contribution in [1.82, 2.24) is 5.32 Å². The topological polar surface area (TPSA) is 12.0 Å². The first kappa shape index (κ1) is 13.6. The molecule has 1 heteroatoms. The Labute approximate surface area is 112 Å². The molecule has 4 unspecified atom stereocenters. The van der Waals surface area contributed by atoms with E-state index in [2.05, 4.69) is 57.3 Å². The molecule has 1 aromatic rings. The standard InChI is InChI=1S/C17H27N/c1-5-13-8-10-14(11-9-13)16-12(4)17(18-7-3)15(16)6-2/h8-12,15-18H,5-7H2,1-4H3. The van der Waals surface area contributed by atoms with Gasteiger partial charge in [-0.15, -0.1) is 0 Å². The zero-order chi connectivity index (χ0) is 13.1. The first-order valence-electron chi connectivity index (χ1n) is 7.55. The SMILES string of the molecule is CCNC1C(C)C(c2ccc(CC)cc2)C1CC. The van der Waals surface area contributed by atoms with Crippen LogP contribution in [0.4, 0.5) is 0 Å². The second-order valence-corrected chi connectivity index (χ2v) is 5.64. The molecular formula is C17H27N. The van der Waals surface area contributed by atoms with E-state index in [-0.39, 0.29) is 0 Å². The van der Waals surface area contributed by atoms with Gasteiger partial charge in [-0.25, -0.2) is 0 Å². The molecule has 1 nitrogen and oxygen atoms in total. The van der Waals surface area contributed by atoms with Crippen LogP contribution in [-0.4, -0.2) is 12.6 Å². The minimum Gasteiger partial charge on any atom is -0.314 e. The minimum absolute atomic E-state index is 0.718. The molecule has 1 fully saturated rings. The summed E-state index contributed by atoms with van der Waals surface area (Å²) in [6.45, 7) is 10.2. The fourth-order valence-corrected chi connectivity index (χ4v) is 3.69. The van der Waals surface area contributed by atoms with E-state index in [1.165, 1.54) is 12.0 Å². The second kappa shape index (κ2) is 5.88. The van der Waals surface area contributed by atoms with Crippen molar-refractivity contribution in [2.45, 2.75) is 52.5 Å². The Morgan fingerprint density at radius 3 is 2.22 bits per heavy atom. The number of hydrogen-bond acceptors (Lipinski definition) is 1. The summed E-state index contributed by atoms with van der Waals surface area (Å²) in [6, 6.07) is 10.0. The summed E-state index contributed by atoms with van der Waals surface area (Å²) < 4.78 is 0. The van der Waals surface area contributed by atoms with Crippen LogP contribution in [0.25, 0.3) is 0 Å². The van der Waals surface area contributed by atoms with E-state index in [0.717, 1.165) is 36.8 Å². The number of benzene rings is 1. The molecule has 1 aliphatic carbocycles. The van der Waals surface area contributed by atoms with Crippen molar-refractivity contribution in [3.05, 3.63) is 35.4 Å². The quantitative estimate of drug-likeness (QED) is 0.827. The van der Waals surface area contributed by atoms with Gasteiger partial charge in [-0.3, -0.25) is 0 Å². The lowest BCUT2D eigenvalue weighted by Gasteiger charge is -2.51. The number of hydrogen-bond donors (Lipinski definition) is 1. The van der Waals surface area contributed by atoms with Gasteiger partial charge in [-0.05, 0) is 41.8 Å². The summed E-state index contributed by atoms with van der Waals surface area (Å²) >= 11 is 0. The van der Waals surface area contributed by atoms with E-state index in [4.69, 9.17) is 0 Å². The Morgan fingerprint density at radius 1 is 1.06 bits per heavy atom. The summed E-state index contributed by atoms with van der Waals surface area (Å²) in [6.07, 6.45) is 2.42. The Bertz CT molecular complexity index is 368. The number of rotatable bonds is 5. The second-order valence-electron chi connectivity index (χ2n) is 5.64. The molecule has 1 aromatic carbocycles. The van der Waals surface area contributed by atoms with Crippen LogP contribution in [0.1, 0.15) is 51.2 Å². The molecule has 1 saturated carbocycles. The fourth-order valence-electron chi connectivity index (χ4n) is 3.69. The fraction of sp³-hybridized carbons (Fsp3) is 0.647. The molecule has 0 aliphatic heterocycles. The molecule has 0 spiro atoms. The van der Waals surface area contributed by atoms with Gasteiger partial charge >= 0.3 is 0 Å². The van der Waals surface area contributed by atoms with Crippen LogP contribution in [0.15, 0.2) is 24.3 Å². The first-order valence-corrected chi connectivity index (χ1v) is 7.55. The first-order chi connectivity index (χ1) is 8.72. The zero-order valence-corrected chi connectivity index (χ0v) is 12.2. The predicted molar refractivity (Wildman–Crippen MR) is 79.0 cm³/mol. The maximum atomic E-state index is 3.66. The van der Waals surface area contributed by atoms with E-state index in [9.17, 15) is 0 Å². The highest BCUT2D eigenvalue weighted by molar-refractivity contribution is 5.30. The Kier molecular flexibility index (Phi) is 4.45. The van der Waals surface area contributed by atoms with Crippen molar-refractivity contribution in [3.63, 3.8) is 0 Å². The van der Waals surface area contributed by atoms with Crippen LogP contribution < -0.4 is 5.32 Å². The highest BCUT2D eigenvalue weighted by Gasteiger charge is 2.46. The third-order valence-electron chi connectivity index (χ3n) is 4.74. The van der Waals surface area contributed by atoms with Crippen molar-refractivity contribution < 1.29 is 0 Å². The van der Waals surface area contributed by atoms with Gasteiger partial charge in [0, 0.05) is 6.04 Å². The van der Waals surface area contributed by atoms with Crippen LogP contribution in [0.2, 0.25) is 0 Å². The van der Waals surface area contributed by atoms with E-state index in [1.54, 1.807) is 5.56 Å². The van der Waals surface area contributed by atoms with Crippen molar-refractivity contribution >= 4 is 0 Å². The summed E-state index contributed by atoms with van der Waals surface area (Å²) in [4.78, 5) is 0. The summed E-state index contributed by atoms with van der Waals surface area (Å²) in [5, 5.41) is 3.66. The summed E-state index contributed by atoms with van der Waals surface area (Å²) in [5.41, 5.74) is 2.99. The molecule has 0 saturated heterocycles. The van der Waals surface area contributed by atoms with Gasteiger partial charge in [0.25, 0.3) is 0 Å². The molecule has 100 valence electrons. The van der Waals surface area contributed by atoms with Crippen molar-refractivity contribution in [1.29, 1.82) is 0 Å². The lowest BCUT2D eigenvalue weighted by Crippen LogP contribution is -2.55. The molecule has 0 amide bonds. The van der Waals surface area contributed by atoms with Gasteiger partial charge in [0.05, 0.1) is 0 Å². The Hall–Kier alpha value is -0.820. The largest absolute Gasteiger partial charge is 0.314 e. The van der Waals surface area contributed by atoms with E-state index in [1.807, 2.05) is 0 Å². The van der Waals surface area contributed by atoms with Crippen LogP contribution >= 0.6 is 0 Å². The number of aryl methyl sites for hydroxylation is 1. The van der Waals surface area contributed by atoms with E-state index in [0.29, 0.717) is 0 Å². The minimum atomic E-state index is 0.718.